The number of aromatic carboxylic acids is 1. The number of hydrogen-bond acceptors (Lipinski definition) is 10. The van der Waals surface area contributed by atoms with Gasteiger partial charge in [0.1, 0.15) is 24.9 Å². The van der Waals surface area contributed by atoms with Crippen LogP contribution in [0, 0.1) is 0 Å². The monoisotopic (exact) mass is 471 g/mol. The van der Waals surface area contributed by atoms with Gasteiger partial charge in [0, 0.05) is 19.2 Å². The van der Waals surface area contributed by atoms with Crippen LogP contribution in [0.3, 0.4) is 0 Å². The number of rotatable bonds is 5. The molecule has 0 radical (unpaired) electrons. The minimum absolute atomic E-state index is 0.154. The van der Waals surface area contributed by atoms with Gasteiger partial charge in [0.05, 0.1) is 24.5 Å². The molecule has 5 heterocycles. The van der Waals surface area contributed by atoms with E-state index in [4.69, 9.17) is 14.2 Å². The van der Waals surface area contributed by atoms with E-state index in [1.54, 1.807) is 0 Å². The molecule has 13 heteroatoms. The van der Waals surface area contributed by atoms with Gasteiger partial charge in [-0.1, -0.05) is 0 Å². The Morgan fingerprint density at radius 3 is 2.94 bits per heavy atom. The summed E-state index contributed by atoms with van der Waals surface area (Å²) in [5.41, 5.74) is 0.629. The van der Waals surface area contributed by atoms with Crippen molar-refractivity contribution in [2.75, 3.05) is 41.4 Å². The van der Waals surface area contributed by atoms with Crippen LogP contribution in [-0.2, 0) is 9.47 Å². The number of fused-ring (bicyclic) bond motifs is 4. The van der Waals surface area contributed by atoms with Crippen LogP contribution in [0.2, 0.25) is 0 Å². The average molecular weight is 471 g/mol. The van der Waals surface area contributed by atoms with E-state index in [-0.39, 0.29) is 42.1 Å². The molecule has 34 heavy (non-hydrogen) atoms. The Balaban J connectivity index is 1.32. The third-order valence-electron chi connectivity index (χ3n) is 5.85. The van der Waals surface area contributed by atoms with Crippen LogP contribution >= 0.6 is 0 Å². The highest BCUT2D eigenvalue weighted by Gasteiger charge is 2.39. The van der Waals surface area contributed by atoms with Gasteiger partial charge < -0.3 is 24.2 Å². The number of piperidine rings is 1. The Bertz CT molecular complexity index is 1110. The first-order valence-electron chi connectivity index (χ1n) is 11.0. The summed E-state index contributed by atoms with van der Waals surface area (Å²) in [6, 6.07) is 0.888. The summed E-state index contributed by atoms with van der Waals surface area (Å²) in [5.74, 6) is -1.48. The summed E-state index contributed by atoms with van der Waals surface area (Å²) >= 11 is 0. The Labute approximate surface area is 195 Å². The zero-order valence-electron chi connectivity index (χ0n) is 18.8. The first-order chi connectivity index (χ1) is 16.3. The van der Waals surface area contributed by atoms with E-state index >= 15 is 0 Å². The molecule has 0 spiro atoms. The lowest BCUT2D eigenvalue weighted by Crippen LogP contribution is -2.56. The molecule has 2 bridgehead atoms. The maximum Gasteiger partial charge on any atom is 0.374 e. The minimum Gasteiger partial charge on any atom is -0.475 e. The lowest BCUT2D eigenvalue weighted by atomic mass is 10.0. The highest BCUT2D eigenvalue weighted by atomic mass is 16.7. The van der Waals surface area contributed by atoms with E-state index < -0.39 is 17.8 Å². The van der Waals surface area contributed by atoms with E-state index in [0.29, 0.717) is 18.8 Å². The smallest absolute Gasteiger partial charge is 0.374 e. The molecular weight excluding hydrogens is 446 g/mol. The van der Waals surface area contributed by atoms with E-state index in [0.717, 1.165) is 19.4 Å². The number of hydrogen-bond donors (Lipinski definition) is 2. The molecule has 2 fully saturated rings. The number of carbonyl (C=O) groups is 2. The lowest BCUT2D eigenvalue weighted by molar-refractivity contribution is -0.141. The molecule has 5 rings (SSSR count). The summed E-state index contributed by atoms with van der Waals surface area (Å²) in [5, 5.41) is 12.1. The predicted octanol–water partition coefficient (Wildman–Crippen LogP) is 1.52. The van der Waals surface area contributed by atoms with Gasteiger partial charge in [-0.05, 0) is 26.7 Å². The molecule has 3 aliphatic rings. The molecule has 2 saturated heterocycles. The normalized spacial score (nSPS) is 22.8. The van der Waals surface area contributed by atoms with Gasteiger partial charge in [-0.25, -0.2) is 29.5 Å². The van der Waals surface area contributed by atoms with E-state index in [1.165, 1.54) is 23.5 Å². The highest BCUT2D eigenvalue weighted by Crippen LogP contribution is 2.37. The molecule has 2 atom stereocenters. The number of anilines is 3. The largest absolute Gasteiger partial charge is 0.475 e. The van der Waals surface area contributed by atoms with Gasteiger partial charge in [0.15, 0.2) is 11.6 Å². The Kier molecular flexibility index (Phi) is 5.65. The summed E-state index contributed by atoms with van der Waals surface area (Å²) in [6.07, 6.45) is 4.18. The SMILES string of the molecule is CC1(C)OC[C@H](COc2cc(NC(=O)N3c4nc(C(=O)O)ncc4N4CCC[C@H]3C4)ncn2)O1. The molecule has 2 aromatic rings. The van der Waals surface area contributed by atoms with Gasteiger partial charge in [0.25, 0.3) is 0 Å². The molecule has 180 valence electrons. The van der Waals surface area contributed by atoms with Gasteiger partial charge in [-0.15, -0.1) is 0 Å². The zero-order valence-corrected chi connectivity index (χ0v) is 18.8. The van der Waals surface area contributed by atoms with Crippen molar-refractivity contribution in [2.45, 2.75) is 44.6 Å². The fraction of sp³-hybridized carbons (Fsp3) is 0.524. The van der Waals surface area contributed by atoms with Gasteiger partial charge >= 0.3 is 12.0 Å². The molecule has 2 N–H and O–H groups in total. The number of amides is 2. The van der Waals surface area contributed by atoms with Crippen molar-refractivity contribution < 1.29 is 28.9 Å². The first kappa shape index (κ1) is 22.2. The second kappa shape index (κ2) is 8.65. The second-order valence-corrected chi connectivity index (χ2v) is 8.75. The van der Waals surface area contributed by atoms with Crippen molar-refractivity contribution in [3.63, 3.8) is 0 Å². The number of urea groups is 1. The summed E-state index contributed by atoms with van der Waals surface area (Å²) in [4.78, 5) is 44.6. The Morgan fingerprint density at radius 2 is 2.18 bits per heavy atom. The predicted molar refractivity (Wildman–Crippen MR) is 118 cm³/mol. The fourth-order valence-electron chi connectivity index (χ4n) is 4.37. The molecule has 0 unspecified atom stereocenters. The number of carboxylic acids is 1. The number of aromatic nitrogens is 4. The summed E-state index contributed by atoms with van der Waals surface area (Å²) < 4.78 is 16.9. The molecule has 2 amide bonds. The number of carbonyl (C=O) groups excluding carboxylic acids is 1. The maximum atomic E-state index is 13.3. The van der Waals surface area contributed by atoms with Crippen LogP contribution in [0.25, 0.3) is 0 Å². The highest BCUT2D eigenvalue weighted by molar-refractivity contribution is 6.04. The van der Waals surface area contributed by atoms with Crippen molar-refractivity contribution in [1.82, 2.24) is 19.9 Å². The minimum atomic E-state index is -1.26. The van der Waals surface area contributed by atoms with E-state index in [2.05, 4.69) is 30.2 Å². The topological polar surface area (TPSA) is 152 Å². The summed E-state index contributed by atoms with van der Waals surface area (Å²) in [7, 11) is 0. The third-order valence-corrected chi connectivity index (χ3v) is 5.85. The molecule has 2 aromatic heterocycles. The van der Waals surface area contributed by atoms with Crippen molar-refractivity contribution >= 4 is 29.3 Å². The third kappa shape index (κ3) is 4.43. The van der Waals surface area contributed by atoms with Crippen LogP contribution < -0.4 is 19.9 Å². The van der Waals surface area contributed by atoms with Crippen molar-refractivity contribution in [3.8, 4) is 5.88 Å². The zero-order chi connectivity index (χ0) is 23.9. The fourth-order valence-corrected chi connectivity index (χ4v) is 4.37. The lowest BCUT2D eigenvalue weighted by Gasteiger charge is -2.45. The van der Waals surface area contributed by atoms with Crippen LogP contribution in [0.4, 0.5) is 22.1 Å². The number of ether oxygens (including phenoxy) is 3. The number of carboxylic acid groups (broad SMARTS) is 1. The molecule has 0 saturated carbocycles. The molecule has 3 aliphatic heterocycles. The van der Waals surface area contributed by atoms with Crippen LogP contribution in [-0.4, -0.2) is 81.3 Å². The molecule has 0 aliphatic carbocycles. The van der Waals surface area contributed by atoms with Crippen molar-refractivity contribution in [2.24, 2.45) is 0 Å². The Morgan fingerprint density at radius 1 is 1.32 bits per heavy atom. The van der Waals surface area contributed by atoms with Gasteiger partial charge in [-0.2, -0.15) is 0 Å². The van der Waals surface area contributed by atoms with Gasteiger partial charge in [-0.3, -0.25) is 10.2 Å². The van der Waals surface area contributed by atoms with Crippen LogP contribution in [0.5, 0.6) is 5.88 Å². The Hall–Kier alpha value is -3.58. The van der Waals surface area contributed by atoms with Crippen LogP contribution in [0.15, 0.2) is 18.6 Å². The number of nitrogens with one attached hydrogen (secondary N) is 1. The summed E-state index contributed by atoms with van der Waals surface area (Å²) in [6.45, 7) is 5.73. The molecule has 13 nitrogen and oxygen atoms in total. The quantitative estimate of drug-likeness (QED) is 0.653. The maximum absolute atomic E-state index is 13.3. The molecular formula is C21H25N7O6. The standard InChI is InChI=1S/C21H25N7O6/c1-21(2)33-10-13(34-21)9-32-16-6-15(23-11-24-16)25-20(31)28-12-4-3-5-27(8-12)14-7-22-17(19(29)30)26-18(14)28/h6-7,11-13H,3-5,8-10H2,1-2H3,(H,29,30)(H,23,24,25,31)/t12-,13-/m0/s1. The second-order valence-electron chi connectivity index (χ2n) is 8.75. The first-order valence-corrected chi connectivity index (χ1v) is 11.0. The molecule has 0 aromatic carbocycles. The van der Waals surface area contributed by atoms with Crippen LogP contribution in [0.1, 0.15) is 37.3 Å². The van der Waals surface area contributed by atoms with E-state index in [1.807, 2.05) is 13.8 Å². The van der Waals surface area contributed by atoms with Gasteiger partial charge in [0.2, 0.25) is 11.7 Å². The van der Waals surface area contributed by atoms with Crippen molar-refractivity contribution in [1.29, 1.82) is 0 Å². The average Bonchev–Trinajstić information content (AvgIpc) is 3.16. The van der Waals surface area contributed by atoms with E-state index in [9.17, 15) is 14.7 Å². The van der Waals surface area contributed by atoms with Crippen molar-refractivity contribution in [3.05, 3.63) is 24.4 Å². The number of nitrogens with zero attached hydrogens (tertiary/aromatic N) is 6.